The second-order valence-corrected chi connectivity index (χ2v) is 5.25. The summed E-state index contributed by atoms with van der Waals surface area (Å²) in [5.41, 5.74) is 7.43. The zero-order chi connectivity index (χ0) is 13.7. The molecule has 1 aliphatic rings. The Bertz CT molecular complexity index is 435. The maximum Gasteiger partial charge on any atom is 0.227 e. The molecule has 0 aromatic carbocycles. The molecule has 5 nitrogen and oxygen atoms in total. The van der Waals surface area contributed by atoms with Gasteiger partial charge in [0.2, 0.25) is 5.95 Å². The van der Waals surface area contributed by atoms with Crippen LogP contribution in [0.1, 0.15) is 63.9 Å². The lowest BCUT2D eigenvalue weighted by Crippen LogP contribution is -2.27. The van der Waals surface area contributed by atoms with Gasteiger partial charge in [0.15, 0.2) is 0 Å². The van der Waals surface area contributed by atoms with E-state index in [1.807, 2.05) is 13.1 Å². The second-order valence-electron chi connectivity index (χ2n) is 5.25. The summed E-state index contributed by atoms with van der Waals surface area (Å²) in [5, 5.41) is 7.50. The number of nitrogens with zero attached hydrogens (tertiary/aromatic N) is 3. The van der Waals surface area contributed by atoms with E-state index in [1.54, 1.807) is 4.68 Å². The lowest BCUT2D eigenvalue weighted by Gasteiger charge is -2.22. The van der Waals surface area contributed by atoms with E-state index in [0.717, 1.165) is 18.2 Å². The lowest BCUT2D eigenvalue weighted by atomic mass is 10.0. The number of nitrogens with one attached hydrogen (secondary N) is 1. The van der Waals surface area contributed by atoms with Gasteiger partial charge in [-0.1, -0.05) is 39.0 Å². The van der Waals surface area contributed by atoms with Crippen molar-refractivity contribution in [3.05, 3.63) is 17.6 Å². The Labute approximate surface area is 115 Å². The number of anilines is 1. The SMILES string of the molecule is CCCCCCCCC1=CNc2nc(C)nn2C1N. The van der Waals surface area contributed by atoms with Crippen LogP contribution in [0.2, 0.25) is 0 Å². The first-order valence-corrected chi connectivity index (χ1v) is 7.36. The Balaban J connectivity index is 1.77. The molecule has 0 saturated heterocycles. The van der Waals surface area contributed by atoms with Crippen LogP contribution in [0.15, 0.2) is 11.8 Å². The highest BCUT2D eigenvalue weighted by molar-refractivity contribution is 5.37. The molecule has 0 saturated carbocycles. The molecule has 1 aromatic rings. The standard InChI is InChI=1S/C14H25N5/c1-3-4-5-6-7-8-9-12-10-16-14-17-11(2)18-19(14)13(12)15/h10,13H,3-9,15H2,1-2H3,(H,16,17,18). The van der Waals surface area contributed by atoms with Crippen LogP contribution in [0.4, 0.5) is 5.95 Å². The molecule has 1 unspecified atom stereocenters. The molecular weight excluding hydrogens is 238 g/mol. The van der Waals surface area contributed by atoms with Gasteiger partial charge in [0.1, 0.15) is 12.0 Å². The molecular formula is C14H25N5. The Morgan fingerprint density at radius 3 is 2.79 bits per heavy atom. The van der Waals surface area contributed by atoms with Crippen molar-refractivity contribution in [1.82, 2.24) is 14.8 Å². The molecule has 5 heteroatoms. The average Bonchev–Trinajstić information content (AvgIpc) is 2.77. The highest BCUT2D eigenvalue weighted by Gasteiger charge is 2.21. The number of hydrogen-bond acceptors (Lipinski definition) is 4. The fourth-order valence-corrected chi connectivity index (χ4v) is 2.45. The molecule has 0 aliphatic carbocycles. The van der Waals surface area contributed by atoms with E-state index in [0.29, 0.717) is 0 Å². The first-order chi connectivity index (χ1) is 9.22. The van der Waals surface area contributed by atoms with E-state index >= 15 is 0 Å². The molecule has 0 spiro atoms. The van der Waals surface area contributed by atoms with E-state index in [4.69, 9.17) is 5.73 Å². The Morgan fingerprint density at radius 2 is 2.00 bits per heavy atom. The fraction of sp³-hybridized carbons (Fsp3) is 0.714. The van der Waals surface area contributed by atoms with E-state index in [2.05, 4.69) is 22.3 Å². The van der Waals surface area contributed by atoms with Crippen LogP contribution in [0.25, 0.3) is 0 Å². The summed E-state index contributed by atoms with van der Waals surface area (Å²) in [6.07, 6.45) is 10.7. The van der Waals surface area contributed by atoms with Gasteiger partial charge in [-0.3, -0.25) is 0 Å². The number of unbranched alkanes of at least 4 members (excludes halogenated alkanes) is 5. The maximum atomic E-state index is 6.22. The summed E-state index contributed by atoms with van der Waals surface area (Å²) in [6.45, 7) is 4.13. The summed E-state index contributed by atoms with van der Waals surface area (Å²) < 4.78 is 1.78. The summed E-state index contributed by atoms with van der Waals surface area (Å²) in [6, 6.07) is 0. The quantitative estimate of drug-likeness (QED) is 0.742. The van der Waals surface area contributed by atoms with Crippen LogP contribution in [-0.4, -0.2) is 14.8 Å². The minimum atomic E-state index is -0.159. The topological polar surface area (TPSA) is 68.8 Å². The molecule has 106 valence electrons. The smallest absolute Gasteiger partial charge is 0.227 e. The Kier molecular flexibility index (Phi) is 4.96. The molecule has 1 aliphatic heterocycles. The van der Waals surface area contributed by atoms with Crippen LogP contribution < -0.4 is 11.1 Å². The number of hydrogen-bond donors (Lipinski definition) is 2. The van der Waals surface area contributed by atoms with Crippen molar-refractivity contribution in [3.8, 4) is 0 Å². The highest BCUT2D eigenvalue weighted by Crippen LogP contribution is 2.25. The number of nitrogens with two attached hydrogens (primary N) is 1. The Hall–Kier alpha value is -1.36. The predicted octanol–water partition coefficient (Wildman–Crippen LogP) is 3.10. The van der Waals surface area contributed by atoms with Crippen LogP contribution in [0.3, 0.4) is 0 Å². The second kappa shape index (κ2) is 6.70. The van der Waals surface area contributed by atoms with Crippen molar-refractivity contribution in [2.75, 3.05) is 5.32 Å². The van der Waals surface area contributed by atoms with Crippen LogP contribution in [0, 0.1) is 6.92 Å². The Morgan fingerprint density at radius 1 is 1.26 bits per heavy atom. The van der Waals surface area contributed by atoms with E-state index < -0.39 is 0 Å². The van der Waals surface area contributed by atoms with Crippen LogP contribution in [0.5, 0.6) is 0 Å². The van der Waals surface area contributed by atoms with Gasteiger partial charge in [0.05, 0.1) is 0 Å². The van der Waals surface area contributed by atoms with Crippen molar-refractivity contribution < 1.29 is 0 Å². The van der Waals surface area contributed by atoms with Crippen molar-refractivity contribution in [2.24, 2.45) is 5.73 Å². The number of aryl methyl sites for hydroxylation is 1. The number of rotatable bonds is 7. The summed E-state index contributed by atoms with van der Waals surface area (Å²) in [7, 11) is 0. The van der Waals surface area contributed by atoms with Gasteiger partial charge in [-0.05, 0) is 25.3 Å². The summed E-state index contributed by atoms with van der Waals surface area (Å²) in [4.78, 5) is 4.28. The third kappa shape index (κ3) is 3.56. The zero-order valence-corrected chi connectivity index (χ0v) is 12.0. The van der Waals surface area contributed by atoms with E-state index in [-0.39, 0.29) is 6.17 Å². The minimum Gasteiger partial charge on any atom is -0.331 e. The predicted molar refractivity (Wildman–Crippen MR) is 77.7 cm³/mol. The first-order valence-electron chi connectivity index (χ1n) is 7.36. The first kappa shape index (κ1) is 14.1. The minimum absolute atomic E-state index is 0.159. The van der Waals surface area contributed by atoms with Gasteiger partial charge in [0, 0.05) is 6.20 Å². The normalized spacial score (nSPS) is 17.8. The van der Waals surface area contributed by atoms with Crippen LogP contribution >= 0.6 is 0 Å². The highest BCUT2D eigenvalue weighted by atomic mass is 15.4. The van der Waals surface area contributed by atoms with Crippen molar-refractivity contribution >= 4 is 5.95 Å². The molecule has 19 heavy (non-hydrogen) atoms. The summed E-state index contributed by atoms with van der Waals surface area (Å²) in [5.74, 6) is 1.50. The molecule has 3 N–H and O–H groups in total. The van der Waals surface area contributed by atoms with Gasteiger partial charge in [-0.25, -0.2) is 4.68 Å². The molecule has 2 heterocycles. The van der Waals surface area contributed by atoms with Gasteiger partial charge < -0.3 is 11.1 Å². The molecule has 0 fully saturated rings. The van der Waals surface area contributed by atoms with Crippen LogP contribution in [-0.2, 0) is 0 Å². The van der Waals surface area contributed by atoms with Gasteiger partial charge in [-0.15, -0.1) is 0 Å². The molecule has 1 aromatic heterocycles. The monoisotopic (exact) mass is 263 g/mol. The zero-order valence-electron chi connectivity index (χ0n) is 12.0. The molecule has 2 rings (SSSR count). The van der Waals surface area contributed by atoms with Gasteiger partial charge >= 0.3 is 0 Å². The lowest BCUT2D eigenvalue weighted by molar-refractivity contribution is 0.497. The molecule has 0 radical (unpaired) electrons. The van der Waals surface area contributed by atoms with E-state index in [1.165, 1.54) is 44.1 Å². The fourth-order valence-electron chi connectivity index (χ4n) is 2.45. The maximum absolute atomic E-state index is 6.22. The van der Waals surface area contributed by atoms with Crippen molar-refractivity contribution in [1.29, 1.82) is 0 Å². The number of fused-ring (bicyclic) bond motifs is 1. The molecule has 1 atom stereocenters. The third-order valence-corrected chi connectivity index (χ3v) is 3.59. The van der Waals surface area contributed by atoms with Gasteiger partial charge in [0.25, 0.3) is 0 Å². The summed E-state index contributed by atoms with van der Waals surface area (Å²) >= 11 is 0. The largest absolute Gasteiger partial charge is 0.331 e. The third-order valence-electron chi connectivity index (χ3n) is 3.59. The van der Waals surface area contributed by atoms with Crippen molar-refractivity contribution in [2.45, 2.75) is 65.0 Å². The molecule has 0 amide bonds. The van der Waals surface area contributed by atoms with Gasteiger partial charge in [-0.2, -0.15) is 10.1 Å². The molecule has 0 bridgehead atoms. The van der Waals surface area contributed by atoms with E-state index in [9.17, 15) is 0 Å². The average molecular weight is 263 g/mol. The number of aromatic nitrogens is 3. The van der Waals surface area contributed by atoms with Crippen molar-refractivity contribution in [3.63, 3.8) is 0 Å².